The lowest BCUT2D eigenvalue weighted by Crippen LogP contribution is -2.54. The summed E-state index contributed by atoms with van der Waals surface area (Å²) in [5.41, 5.74) is 1.49. The predicted octanol–water partition coefficient (Wildman–Crippen LogP) is 0.399. The molecule has 3 heterocycles. The lowest BCUT2D eigenvalue weighted by molar-refractivity contribution is 0.0779. The van der Waals surface area contributed by atoms with E-state index in [0.29, 0.717) is 37.2 Å². The van der Waals surface area contributed by atoms with Crippen molar-refractivity contribution in [3.8, 4) is 0 Å². The Morgan fingerprint density at radius 1 is 1.21 bits per heavy atom. The van der Waals surface area contributed by atoms with E-state index >= 15 is 0 Å². The Morgan fingerprint density at radius 2 is 1.97 bits per heavy atom. The third-order valence-corrected chi connectivity index (χ3v) is 5.63. The molecular weight excluding hydrogens is 374 g/mol. The maximum Gasteiger partial charge on any atom is 0.317 e. The van der Waals surface area contributed by atoms with Crippen molar-refractivity contribution in [2.24, 2.45) is 0 Å². The second kappa shape index (κ2) is 8.79. The fourth-order valence-corrected chi connectivity index (χ4v) is 3.89. The van der Waals surface area contributed by atoms with Gasteiger partial charge in [-0.2, -0.15) is 0 Å². The number of aliphatic hydroxyl groups is 1. The Morgan fingerprint density at radius 3 is 2.69 bits per heavy atom. The van der Waals surface area contributed by atoms with E-state index in [1.165, 1.54) is 10.9 Å². The van der Waals surface area contributed by atoms with Crippen molar-refractivity contribution < 1.29 is 14.6 Å². The molecule has 0 spiro atoms. The molecule has 0 atom stereocenters. The number of anilines is 1. The molecule has 156 valence electrons. The van der Waals surface area contributed by atoms with Gasteiger partial charge in [-0.3, -0.25) is 9.36 Å². The molecular formula is C20H27N5O4. The highest BCUT2D eigenvalue weighted by molar-refractivity contribution is 5.81. The highest BCUT2D eigenvalue weighted by Crippen LogP contribution is 2.20. The normalized spacial score (nSPS) is 18.2. The molecule has 0 aliphatic carbocycles. The number of nitrogens with one attached hydrogen (secondary N) is 1. The van der Waals surface area contributed by atoms with Crippen LogP contribution in [0.25, 0.3) is 10.9 Å². The summed E-state index contributed by atoms with van der Waals surface area (Å²) in [6.45, 7) is 4.32. The van der Waals surface area contributed by atoms with Crippen LogP contribution in [-0.4, -0.2) is 77.6 Å². The van der Waals surface area contributed by atoms with E-state index in [2.05, 4.69) is 15.2 Å². The maximum absolute atomic E-state index is 12.5. The first kappa shape index (κ1) is 19.7. The van der Waals surface area contributed by atoms with Gasteiger partial charge in [0.05, 0.1) is 30.4 Å². The van der Waals surface area contributed by atoms with E-state index < -0.39 is 0 Å². The van der Waals surface area contributed by atoms with Crippen LogP contribution in [0, 0.1) is 0 Å². The minimum atomic E-state index is -0.148. The number of aromatic nitrogens is 2. The standard InChI is InChI=1S/C20H27N5O4/c26-10-9-25-14-21-18-13-16(1-2-17(18)19(25)27)23-5-7-24(8-6-23)20(28)22-15-3-11-29-12-4-15/h1-2,13-15,26H,3-12H2,(H,22,28). The van der Waals surface area contributed by atoms with Crippen LogP contribution in [0.1, 0.15) is 12.8 Å². The highest BCUT2D eigenvalue weighted by atomic mass is 16.5. The van der Waals surface area contributed by atoms with Crippen LogP contribution in [0.4, 0.5) is 10.5 Å². The summed E-state index contributed by atoms with van der Waals surface area (Å²) >= 11 is 0. The number of urea groups is 1. The monoisotopic (exact) mass is 401 g/mol. The molecule has 2 fully saturated rings. The molecule has 2 aliphatic heterocycles. The van der Waals surface area contributed by atoms with Crippen LogP contribution in [0.15, 0.2) is 29.3 Å². The number of hydrogen-bond donors (Lipinski definition) is 2. The lowest BCUT2D eigenvalue weighted by atomic mass is 10.1. The number of ether oxygens (including phenoxy) is 1. The van der Waals surface area contributed by atoms with Crippen molar-refractivity contribution in [2.75, 3.05) is 50.9 Å². The molecule has 29 heavy (non-hydrogen) atoms. The fourth-order valence-electron chi connectivity index (χ4n) is 3.89. The van der Waals surface area contributed by atoms with Gasteiger partial charge in [-0.15, -0.1) is 0 Å². The van der Waals surface area contributed by atoms with E-state index in [9.17, 15) is 9.59 Å². The molecule has 2 amide bonds. The van der Waals surface area contributed by atoms with Gasteiger partial charge in [-0.1, -0.05) is 0 Å². The second-order valence-corrected chi connectivity index (χ2v) is 7.48. The van der Waals surface area contributed by atoms with Crippen molar-refractivity contribution in [3.05, 3.63) is 34.9 Å². The average molecular weight is 401 g/mol. The zero-order chi connectivity index (χ0) is 20.2. The van der Waals surface area contributed by atoms with Gasteiger partial charge in [0, 0.05) is 51.1 Å². The molecule has 2 saturated heterocycles. The molecule has 9 heteroatoms. The van der Waals surface area contributed by atoms with Crippen molar-refractivity contribution in [1.29, 1.82) is 0 Å². The Hall–Kier alpha value is -2.65. The molecule has 0 saturated carbocycles. The van der Waals surface area contributed by atoms with Crippen LogP contribution in [0.2, 0.25) is 0 Å². The SMILES string of the molecule is O=C(NC1CCOCC1)N1CCN(c2ccc3c(=O)n(CCO)cnc3c2)CC1. The van der Waals surface area contributed by atoms with Crippen LogP contribution in [-0.2, 0) is 11.3 Å². The van der Waals surface area contributed by atoms with Crippen LogP contribution >= 0.6 is 0 Å². The smallest absolute Gasteiger partial charge is 0.317 e. The third-order valence-electron chi connectivity index (χ3n) is 5.63. The van der Waals surface area contributed by atoms with Gasteiger partial charge in [0.15, 0.2) is 0 Å². The number of carbonyl (C=O) groups excluding carboxylic acids is 1. The Labute approximate surface area is 168 Å². The molecule has 1 aromatic heterocycles. The maximum atomic E-state index is 12.5. The number of benzene rings is 1. The largest absolute Gasteiger partial charge is 0.395 e. The van der Waals surface area contributed by atoms with Gasteiger partial charge in [0.2, 0.25) is 0 Å². The van der Waals surface area contributed by atoms with E-state index in [1.54, 1.807) is 6.07 Å². The number of aliphatic hydroxyl groups excluding tert-OH is 1. The summed E-state index contributed by atoms with van der Waals surface area (Å²) in [5.74, 6) is 0. The van der Waals surface area contributed by atoms with Crippen molar-refractivity contribution in [3.63, 3.8) is 0 Å². The molecule has 2 aliphatic rings. The minimum absolute atomic E-state index is 0.00108. The summed E-state index contributed by atoms with van der Waals surface area (Å²) < 4.78 is 6.75. The van der Waals surface area contributed by atoms with E-state index in [0.717, 1.165) is 31.6 Å². The summed E-state index contributed by atoms with van der Waals surface area (Å²) in [6, 6.07) is 5.83. The van der Waals surface area contributed by atoms with Gasteiger partial charge in [-0.05, 0) is 31.0 Å². The van der Waals surface area contributed by atoms with Crippen molar-refractivity contribution in [1.82, 2.24) is 19.8 Å². The molecule has 0 unspecified atom stereocenters. The van der Waals surface area contributed by atoms with Gasteiger partial charge in [-0.25, -0.2) is 9.78 Å². The number of amides is 2. The second-order valence-electron chi connectivity index (χ2n) is 7.48. The quantitative estimate of drug-likeness (QED) is 0.769. The van der Waals surface area contributed by atoms with Gasteiger partial charge < -0.3 is 25.0 Å². The lowest BCUT2D eigenvalue weighted by Gasteiger charge is -2.37. The number of piperazine rings is 1. The van der Waals surface area contributed by atoms with Crippen LogP contribution in [0.5, 0.6) is 0 Å². The van der Waals surface area contributed by atoms with Gasteiger partial charge in [0.25, 0.3) is 5.56 Å². The molecule has 9 nitrogen and oxygen atoms in total. The van der Waals surface area contributed by atoms with E-state index in [1.807, 2.05) is 17.0 Å². The number of rotatable bonds is 4. The predicted molar refractivity (Wildman–Crippen MR) is 109 cm³/mol. The molecule has 0 bridgehead atoms. The van der Waals surface area contributed by atoms with E-state index in [-0.39, 0.29) is 30.8 Å². The summed E-state index contributed by atoms with van der Waals surface area (Å²) in [5, 5.41) is 12.7. The highest BCUT2D eigenvalue weighted by Gasteiger charge is 2.24. The first-order valence-electron chi connectivity index (χ1n) is 10.1. The molecule has 1 aromatic carbocycles. The number of hydrogen-bond acceptors (Lipinski definition) is 6. The van der Waals surface area contributed by atoms with Crippen LogP contribution < -0.4 is 15.8 Å². The minimum Gasteiger partial charge on any atom is -0.395 e. The molecule has 2 N–H and O–H groups in total. The van der Waals surface area contributed by atoms with Crippen molar-refractivity contribution in [2.45, 2.75) is 25.4 Å². The molecule has 4 rings (SSSR count). The molecule has 2 aromatic rings. The number of carbonyl (C=O) groups is 1. The topological polar surface area (TPSA) is 99.9 Å². The number of nitrogens with zero attached hydrogens (tertiary/aromatic N) is 4. The summed E-state index contributed by atoms with van der Waals surface area (Å²) in [6.07, 6.45) is 3.22. The fraction of sp³-hybridized carbons (Fsp3) is 0.550. The number of fused-ring (bicyclic) bond motifs is 1. The Bertz CT molecular complexity index is 917. The third kappa shape index (κ3) is 4.35. The summed E-state index contributed by atoms with van der Waals surface area (Å²) in [4.78, 5) is 33.4. The van der Waals surface area contributed by atoms with Crippen LogP contribution in [0.3, 0.4) is 0 Å². The molecule has 0 radical (unpaired) electrons. The Kier molecular flexibility index (Phi) is 5.96. The van der Waals surface area contributed by atoms with E-state index in [4.69, 9.17) is 9.84 Å². The van der Waals surface area contributed by atoms with Gasteiger partial charge in [0.1, 0.15) is 0 Å². The van der Waals surface area contributed by atoms with Crippen molar-refractivity contribution >= 4 is 22.6 Å². The zero-order valence-corrected chi connectivity index (χ0v) is 16.4. The first-order chi connectivity index (χ1) is 14.2. The Balaban J connectivity index is 1.39. The van der Waals surface area contributed by atoms with Gasteiger partial charge >= 0.3 is 6.03 Å². The average Bonchev–Trinajstić information content (AvgIpc) is 2.76. The zero-order valence-electron chi connectivity index (χ0n) is 16.4. The first-order valence-corrected chi connectivity index (χ1v) is 10.1. The summed E-state index contributed by atoms with van der Waals surface area (Å²) in [7, 11) is 0.